The summed E-state index contributed by atoms with van der Waals surface area (Å²) < 4.78 is 10.7. The number of unbranched alkanes of at least 4 members (excludes halogenated alkanes) is 23. The van der Waals surface area contributed by atoms with Crippen LogP contribution < -0.4 is 0 Å². The largest absolute Gasteiger partial charge is 0.462 e. The Morgan fingerprint density at radius 3 is 1.08 bits per heavy atom. The number of ether oxygens (including phenoxy) is 2. The van der Waals surface area contributed by atoms with Crippen LogP contribution in [-0.2, 0) is 19.1 Å². The number of hydrogen-bond acceptors (Lipinski definition) is 5. The van der Waals surface area contributed by atoms with E-state index in [1.807, 2.05) is 0 Å². The Hall–Kier alpha value is -2.92. The van der Waals surface area contributed by atoms with Gasteiger partial charge < -0.3 is 14.6 Å². The van der Waals surface area contributed by atoms with E-state index in [-0.39, 0.29) is 25.2 Å². The second kappa shape index (κ2) is 50.4. The van der Waals surface area contributed by atoms with Crippen molar-refractivity contribution in [1.29, 1.82) is 0 Å². The van der Waals surface area contributed by atoms with E-state index in [2.05, 4.69) is 98.9 Å². The van der Waals surface area contributed by atoms with Crippen molar-refractivity contribution in [2.75, 3.05) is 13.2 Å². The monoisotopic (exact) mass is 835 g/mol. The molecule has 0 aliphatic carbocycles. The summed E-state index contributed by atoms with van der Waals surface area (Å²) in [6.07, 6.45) is 69.5. The first-order valence-corrected chi connectivity index (χ1v) is 25.1. The number of hydrogen-bond donors (Lipinski definition) is 1. The van der Waals surface area contributed by atoms with E-state index in [1.165, 1.54) is 103 Å². The lowest BCUT2D eigenvalue weighted by atomic mass is 10.0. The fourth-order valence-electron chi connectivity index (χ4n) is 6.95. The molecule has 0 saturated heterocycles. The van der Waals surface area contributed by atoms with Gasteiger partial charge in [-0.15, -0.1) is 0 Å². The van der Waals surface area contributed by atoms with Gasteiger partial charge in [0.25, 0.3) is 0 Å². The number of carbonyl (C=O) groups is 2. The van der Waals surface area contributed by atoms with E-state index in [1.54, 1.807) is 0 Å². The first-order valence-electron chi connectivity index (χ1n) is 25.1. The van der Waals surface area contributed by atoms with E-state index in [4.69, 9.17) is 9.47 Å². The third kappa shape index (κ3) is 47.8. The van der Waals surface area contributed by atoms with E-state index in [9.17, 15) is 14.7 Å². The molecule has 1 N–H and O–H groups in total. The molecule has 5 heteroatoms. The van der Waals surface area contributed by atoms with Crippen molar-refractivity contribution < 1.29 is 24.2 Å². The number of esters is 2. The van der Waals surface area contributed by atoms with E-state index < -0.39 is 6.10 Å². The van der Waals surface area contributed by atoms with Gasteiger partial charge in [0.2, 0.25) is 0 Å². The Labute approximate surface area is 371 Å². The van der Waals surface area contributed by atoms with Gasteiger partial charge in [-0.1, -0.05) is 234 Å². The van der Waals surface area contributed by atoms with Crippen LogP contribution in [0.5, 0.6) is 0 Å². The Balaban J connectivity index is 3.59. The molecule has 5 nitrogen and oxygen atoms in total. The first-order chi connectivity index (χ1) is 29.6. The Kier molecular flexibility index (Phi) is 48.0. The highest BCUT2D eigenvalue weighted by Gasteiger charge is 2.16. The van der Waals surface area contributed by atoms with Gasteiger partial charge >= 0.3 is 11.9 Å². The summed E-state index contributed by atoms with van der Waals surface area (Å²) in [5, 5.41) is 9.62. The summed E-state index contributed by atoms with van der Waals surface area (Å²) in [4.78, 5) is 24.4. The molecule has 0 aromatic carbocycles. The summed E-state index contributed by atoms with van der Waals surface area (Å²) in [7, 11) is 0. The average Bonchev–Trinajstić information content (AvgIpc) is 3.25. The highest BCUT2D eigenvalue weighted by atomic mass is 16.6. The third-order valence-corrected chi connectivity index (χ3v) is 10.7. The third-order valence-electron chi connectivity index (χ3n) is 10.7. The molecule has 1 unspecified atom stereocenters. The minimum atomic E-state index is -0.786. The molecule has 0 saturated carbocycles. The predicted octanol–water partition coefficient (Wildman–Crippen LogP) is 16.6. The van der Waals surface area contributed by atoms with Crippen LogP contribution in [0.1, 0.15) is 232 Å². The highest BCUT2D eigenvalue weighted by molar-refractivity contribution is 5.70. The van der Waals surface area contributed by atoms with Crippen LogP contribution in [0.4, 0.5) is 0 Å². The van der Waals surface area contributed by atoms with Gasteiger partial charge in [-0.3, -0.25) is 9.59 Å². The van der Waals surface area contributed by atoms with Crippen LogP contribution in [0.15, 0.2) is 85.1 Å². The Morgan fingerprint density at radius 2 is 0.717 bits per heavy atom. The number of carbonyl (C=O) groups excluding carboxylic acids is 2. The quantitative estimate of drug-likeness (QED) is 0.0376. The van der Waals surface area contributed by atoms with E-state index >= 15 is 0 Å². The maximum absolute atomic E-state index is 12.3. The predicted molar refractivity (Wildman–Crippen MR) is 260 cm³/mol. The van der Waals surface area contributed by atoms with E-state index in [0.717, 1.165) is 103 Å². The molecule has 0 aromatic heterocycles. The van der Waals surface area contributed by atoms with Gasteiger partial charge in [0.15, 0.2) is 6.10 Å². The van der Waals surface area contributed by atoms with Crippen LogP contribution in [0.2, 0.25) is 0 Å². The maximum atomic E-state index is 12.3. The van der Waals surface area contributed by atoms with Crippen LogP contribution in [0.3, 0.4) is 0 Å². The molecular weight excluding hydrogens is 741 g/mol. The van der Waals surface area contributed by atoms with Crippen LogP contribution in [0, 0.1) is 0 Å². The summed E-state index contributed by atoms with van der Waals surface area (Å²) in [5.74, 6) is -0.610. The number of allylic oxidation sites excluding steroid dienone is 14. The fraction of sp³-hybridized carbons (Fsp3) is 0.709. The maximum Gasteiger partial charge on any atom is 0.306 e. The SMILES string of the molecule is CC/C=C\C/C=C\C/C=C\C/C=C\C/C=C\C/C=C\C/C=C\CCCCCCCC(=O)OC(CO)COC(=O)CCCCCCCCCCCCCCCCCCCCC. The van der Waals surface area contributed by atoms with Crippen molar-refractivity contribution >= 4 is 11.9 Å². The summed E-state index contributed by atoms with van der Waals surface area (Å²) in [5.41, 5.74) is 0. The molecule has 0 bridgehead atoms. The molecule has 0 heterocycles. The minimum absolute atomic E-state index is 0.0756. The Bertz CT molecular complexity index is 1130. The number of aliphatic hydroxyl groups excluding tert-OH is 1. The van der Waals surface area contributed by atoms with Crippen molar-refractivity contribution in [3.05, 3.63) is 85.1 Å². The number of rotatable bonds is 45. The average molecular weight is 835 g/mol. The van der Waals surface area contributed by atoms with Crippen LogP contribution in [-0.4, -0.2) is 36.4 Å². The molecule has 0 spiro atoms. The molecule has 0 aliphatic rings. The smallest absolute Gasteiger partial charge is 0.306 e. The van der Waals surface area contributed by atoms with Gasteiger partial charge in [-0.2, -0.15) is 0 Å². The molecular formula is C55H94O5. The van der Waals surface area contributed by atoms with Gasteiger partial charge in [0, 0.05) is 12.8 Å². The lowest BCUT2D eigenvalue weighted by Crippen LogP contribution is -2.28. The lowest BCUT2D eigenvalue weighted by molar-refractivity contribution is -0.161. The van der Waals surface area contributed by atoms with E-state index in [0.29, 0.717) is 12.8 Å². The van der Waals surface area contributed by atoms with Gasteiger partial charge in [-0.05, 0) is 70.6 Å². The number of aliphatic hydroxyl groups is 1. The normalized spacial score (nSPS) is 12.9. The first kappa shape index (κ1) is 57.1. The van der Waals surface area contributed by atoms with Crippen molar-refractivity contribution in [3.8, 4) is 0 Å². The van der Waals surface area contributed by atoms with Crippen LogP contribution >= 0.6 is 0 Å². The Morgan fingerprint density at radius 1 is 0.400 bits per heavy atom. The zero-order valence-electron chi connectivity index (χ0n) is 39.2. The zero-order valence-corrected chi connectivity index (χ0v) is 39.2. The molecule has 0 fully saturated rings. The highest BCUT2D eigenvalue weighted by Crippen LogP contribution is 2.15. The van der Waals surface area contributed by atoms with Gasteiger partial charge in [-0.25, -0.2) is 0 Å². The molecule has 0 aliphatic heterocycles. The van der Waals surface area contributed by atoms with Crippen LogP contribution in [0.25, 0.3) is 0 Å². The molecule has 0 amide bonds. The van der Waals surface area contributed by atoms with Crippen molar-refractivity contribution in [2.45, 2.75) is 238 Å². The van der Waals surface area contributed by atoms with Gasteiger partial charge in [0.1, 0.15) is 6.61 Å². The second-order valence-corrected chi connectivity index (χ2v) is 16.5. The fourth-order valence-corrected chi connectivity index (χ4v) is 6.95. The topological polar surface area (TPSA) is 72.8 Å². The van der Waals surface area contributed by atoms with Crippen molar-refractivity contribution in [3.63, 3.8) is 0 Å². The van der Waals surface area contributed by atoms with Crippen molar-refractivity contribution in [1.82, 2.24) is 0 Å². The van der Waals surface area contributed by atoms with Gasteiger partial charge in [0.05, 0.1) is 6.61 Å². The molecule has 344 valence electrons. The van der Waals surface area contributed by atoms with Crippen molar-refractivity contribution in [2.24, 2.45) is 0 Å². The zero-order chi connectivity index (χ0) is 43.5. The molecule has 60 heavy (non-hydrogen) atoms. The second-order valence-electron chi connectivity index (χ2n) is 16.5. The molecule has 0 rings (SSSR count). The summed E-state index contributed by atoms with van der Waals surface area (Å²) in [6.45, 7) is 4.02. The standard InChI is InChI=1S/C55H94O5/c1-3-5-7-9-11-13-15-17-19-21-23-24-25-26-27-28-29-30-32-34-36-38-40-42-44-46-48-50-55(58)60-53(51-56)52-59-54(57)49-47-45-43-41-39-37-35-33-31-22-20-18-16-14-12-10-8-6-4-2/h5,7,11,13,17,19,23-24,26-27,29-30,34,36,53,56H,3-4,6,8-10,12,14-16,18,20-22,25,28,31-33,35,37-52H2,1-2H3/b7-5-,13-11-,19-17-,24-23-,27-26-,30-29-,36-34-. The minimum Gasteiger partial charge on any atom is -0.462 e. The molecule has 0 aromatic rings. The molecule has 0 radical (unpaired) electrons. The lowest BCUT2D eigenvalue weighted by Gasteiger charge is -2.15. The molecule has 1 atom stereocenters. The summed E-state index contributed by atoms with van der Waals surface area (Å²) >= 11 is 0. The summed E-state index contributed by atoms with van der Waals surface area (Å²) in [6, 6.07) is 0.